The molecule has 0 radical (unpaired) electrons. The summed E-state index contributed by atoms with van der Waals surface area (Å²) in [5.41, 5.74) is -0.762. The summed E-state index contributed by atoms with van der Waals surface area (Å²) in [6.07, 6.45) is -4.39. The van der Waals surface area contributed by atoms with Crippen LogP contribution < -0.4 is 4.74 Å². The van der Waals surface area contributed by atoms with Crippen LogP contribution >= 0.6 is 11.3 Å². The minimum absolute atomic E-state index is 0.100. The van der Waals surface area contributed by atoms with Gasteiger partial charge in [0.15, 0.2) is 5.06 Å². The molecule has 6 heteroatoms. The lowest BCUT2D eigenvalue weighted by molar-refractivity contribution is -0.137. The van der Waals surface area contributed by atoms with E-state index in [-0.39, 0.29) is 5.75 Å². The van der Waals surface area contributed by atoms with Gasteiger partial charge in [-0.2, -0.15) is 13.2 Å². The molecule has 92 valence electrons. The number of ether oxygens (including phenoxy) is 1. The SMILES string of the molecule is [C-]#[N+]c1ccc(Oc2cccc(C(F)(F)F)c2)s1. The van der Waals surface area contributed by atoms with Gasteiger partial charge in [-0.15, -0.1) is 11.3 Å². The average Bonchev–Trinajstić information content (AvgIpc) is 2.76. The Morgan fingerprint density at radius 2 is 1.94 bits per heavy atom. The zero-order chi connectivity index (χ0) is 13.2. The fraction of sp³-hybridized carbons (Fsp3) is 0.0833. The number of thiophene rings is 1. The van der Waals surface area contributed by atoms with Gasteiger partial charge >= 0.3 is 6.18 Å². The van der Waals surface area contributed by atoms with E-state index in [1.807, 2.05) is 0 Å². The van der Waals surface area contributed by atoms with Crippen molar-refractivity contribution in [1.29, 1.82) is 0 Å². The van der Waals surface area contributed by atoms with Crippen molar-refractivity contribution in [3.05, 3.63) is 53.4 Å². The molecule has 2 rings (SSSR count). The second-order valence-electron chi connectivity index (χ2n) is 3.33. The molecule has 0 aliphatic carbocycles. The van der Waals surface area contributed by atoms with Gasteiger partial charge in [-0.05, 0) is 30.3 Å². The second-order valence-corrected chi connectivity index (χ2v) is 4.36. The molecule has 0 saturated heterocycles. The first-order valence-electron chi connectivity index (χ1n) is 4.81. The number of alkyl halides is 3. The largest absolute Gasteiger partial charge is 0.448 e. The molecular weight excluding hydrogens is 263 g/mol. The van der Waals surface area contributed by atoms with Crippen LogP contribution in [0.4, 0.5) is 18.2 Å². The van der Waals surface area contributed by atoms with E-state index in [2.05, 4.69) is 4.85 Å². The van der Waals surface area contributed by atoms with Gasteiger partial charge in [0.1, 0.15) is 5.75 Å². The molecule has 0 atom stereocenters. The third-order valence-corrected chi connectivity index (χ3v) is 2.91. The number of rotatable bonds is 2. The Morgan fingerprint density at radius 3 is 2.56 bits per heavy atom. The molecule has 0 unspecified atom stereocenters. The van der Waals surface area contributed by atoms with Crippen LogP contribution in [0.1, 0.15) is 5.56 Å². The quantitative estimate of drug-likeness (QED) is 0.691. The number of hydrogen-bond donors (Lipinski definition) is 0. The van der Waals surface area contributed by atoms with E-state index in [0.717, 1.165) is 23.5 Å². The third-order valence-electron chi connectivity index (χ3n) is 2.06. The van der Waals surface area contributed by atoms with Crippen LogP contribution in [0.2, 0.25) is 0 Å². The van der Waals surface area contributed by atoms with Gasteiger partial charge in [-0.3, -0.25) is 0 Å². The molecule has 0 aliphatic heterocycles. The van der Waals surface area contributed by atoms with E-state index in [1.54, 1.807) is 12.1 Å². The van der Waals surface area contributed by atoms with Gasteiger partial charge in [0, 0.05) is 0 Å². The fourth-order valence-electron chi connectivity index (χ4n) is 1.28. The van der Waals surface area contributed by atoms with Crippen molar-refractivity contribution in [1.82, 2.24) is 0 Å². The van der Waals surface area contributed by atoms with Gasteiger partial charge in [0.25, 0.3) is 0 Å². The molecule has 1 aromatic heterocycles. The Kier molecular flexibility index (Phi) is 3.26. The molecule has 2 nitrogen and oxygen atoms in total. The minimum Gasteiger partial charge on any atom is -0.448 e. The highest BCUT2D eigenvalue weighted by Crippen LogP contribution is 2.36. The molecule has 0 spiro atoms. The summed E-state index contributed by atoms with van der Waals surface area (Å²) in [6, 6.07) is 7.73. The van der Waals surface area contributed by atoms with Crippen molar-refractivity contribution in [3.8, 4) is 10.8 Å². The first-order chi connectivity index (χ1) is 8.49. The fourth-order valence-corrected chi connectivity index (χ4v) is 1.94. The van der Waals surface area contributed by atoms with Crippen LogP contribution in [-0.2, 0) is 6.18 Å². The van der Waals surface area contributed by atoms with Crippen LogP contribution in [0.3, 0.4) is 0 Å². The molecule has 0 fully saturated rings. The topological polar surface area (TPSA) is 13.6 Å². The summed E-state index contributed by atoms with van der Waals surface area (Å²) < 4.78 is 42.7. The van der Waals surface area contributed by atoms with Crippen LogP contribution in [0, 0.1) is 6.57 Å². The summed E-state index contributed by atoms with van der Waals surface area (Å²) >= 11 is 1.08. The van der Waals surface area contributed by atoms with Gasteiger partial charge in [0.2, 0.25) is 5.00 Å². The summed E-state index contributed by atoms with van der Waals surface area (Å²) in [6.45, 7) is 6.78. The maximum absolute atomic E-state index is 12.5. The van der Waals surface area contributed by atoms with Gasteiger partial charge in [-0.25, -0.2) is 4.85 Å². The van der Waals surface area contributed by atoms with E-state index >= 15 is 0 Å². The highest BCUT2D eigenvalue weighted by atomic mass is 32.1. The normalized spacial score (nSPS) is 11.0. The smallest absolute Gasteiger partial charge is 0.416 e. The lowest BCUT2D eigenvalue weighted by atomic mass is 10.2. The first-order valence-corrected chi connectivity index (χ1v) is 5.63. The van der Waals surface area contributed by atoms with Crippen molar-refractivity contribution < 1.29 is 17.9 Å². The minimum atomic E-state index is -4.39. The summed E-state index contributed by atoms with van der Waals surface area (Å²) in [4.78, 5) is 3.20. The van der Waals surface area contributed by atoms with Crippen molar-refractivity contribution in [2.75, 3.05) is 0 Å². The zero-order valence-corrected chi connectivity index (χ0v) is 9.68. The molecule has 0 bridgehead atoms. The van der Waals surface area contributed by atoms with Crippen LogP contribution in [0.5, 0.6) is 10.8 Å². The van der Waals surface area contributed by atoms with Crippen molar-refractivity contribution in [3.63, 3.8) is 0 Å². The molecule has 0 aliphatic rings. The van der Waals surface area contributed by atoms with Crippen molar-refractivity contribution >= 4 is 16.3 Å². The molecule has 1 heterocycles. The van der Waals surface area contributed by atoms with E-state index in [9.17, 15) is 13.2 Å². The highest BCUT2D eigenvalue weighted by molar-refractivity contribution is 7.17. The molecule has 1 aromatic carbocycles. The van der Waals surface area contributed by atoms with Crippen LogP contribution in [-0.4, -0.2) is 0 Å². The Bertz CT molecular complexity index is 598. The average molecular weight is 269 g/mol. The number of hydrogen-bond acceptors (Lipinski definition) is 2. The van der Waals surface area contributed by atoms with Gasteiger partial charge in [0.05, 0.1) is 12.1 Å². The van der Waals surface area contributed by atoms with Crippen LogP contribution in [0.25, 0.3) is 4.85 Å². The summed E-state index contributed by atoms with van der Waals surface area (Å²) in [5.74, 6) is 0.100. The van der Waals surface area contributed by atoms with Crippen molar-refractivity contribution in [2.45, 2.75) is 6.18 Å². The summed E-state index contributed by atoms with van der Waals surface area (Å²) in [5, 5.41) is 0.817. The Morgan fingerprint density at radius 1 is 1.17 bits per heavy atom. The number of benzene rings is 1. The first kappa shape index (κ1) is 12.5. The van der Waals surface area contributed by atoms with E-state index in [4.69, 9.17) is 11.3 Å². The number of nitrogens with zero attached hydrogens (tertiary/aromatic N) is 1. The molecule has 0 amide bonds. The molecule has 2 aromatic rings. The monoisotopic (exact) mass is 269 g/mol. The second kappa shape index (κ2) is 4.70. The lowest BCUT2D eigenvalue weighted by Crippen LogP contribution is -2.04. The van der Waals surface area contributed by atoms with Crippen molar-refractivity contribution in [2.24, 2.45) is 0 Å². The lowest BCUT2D eigenvalue weighted by Gasteiger charge is -2.08. The predicted octanol–water partition coefficient (Wildman–Crippen LogP) is 5.11. The molecular formula is C12H6F3NOS. The summed E-state index contributed by atoms with van der Waals surface area (Å²) in [7, 11) is 0. The molecule has 18 heavy (non-hydrogen) atoms. The predicted molar refractivity (Wildman–Crippen MR) is 62.1 cm³/mol. The van der Waals surface area contributed by atoms with Gasteiger partial charge in [-0.1, -0.05) is 6.07 Å². The molecule has 0 saturated carbocycles. The maximum atomic E-state index is 12.5. The van der Waals surface area contributed by atoms with E-state index in [1.165, 1.54) is 12.1 Å². The van der Waals surface area contributed by atoms with Crippen LogP contribution in [0.15, 0.2) is 36.4 Å². The highest BCUT2D eigenvalue weighted by Gasteiger charge is 2.30. The Labute approximate surface area is 105 Å². The molecule has 0 N–H and O–H groups in total. The van der Waals surface area contributed by atoms with E-state index in [0.29, 0.717) is 10.1 Å². The zero-order valence-electron chi connectivity index (χ0n) is 8.86. The van der Waals surface area contributed by atoms with E-state index < -0.39 is 11.7 Å². The standard InChI is InChI=1S/C12H6F3NOS/c1-16-10-5-6-11(18-10)17-9-4-2-3-8(7-9)12(13,14)15/h2-7H. The maximum Gasteiger partial charge on any atom is 0.416 e. The number of halogens is 3. The Balaban J connectivity index is 2.22. The van der Waals surface area contributed by atoms with Gasteiger partial charge < -0.3 is 4.74 Å². The third kappa shape index (κ3) is 2.81. The Hall–Kier alpha value is -2.00.